The largest absolute Gasteiger partial charge is 0.309 e. The van der Waals surface area contributed by atoms with Gasteiger partial charge in [-0.15, -0.1) is 20.4 Å². The molecule has 7 nitrogen and oxygen atoms in total. The molecule has 0 fully saturated rings. The van der Waals surface area contributed by atoms with Crippen molar-refractivity contribution in [3.05, 3.63) is 88.2 Å². The first-order valence-corrected chi connectivity index (χ1v) is 14.6. The highest BCUT2D eigenvalue weighted by Gasteiger charge is 2.14. The Balaban J connectivity index is 1.14. The van der Waals surface area contributed by atoms with Crippen LogP contribution in [-0.4, -0.2) is 36.6 Å². The summed E-state index contributed by atoms with van der Waals surface area (Å²) in [5, 5.41) is 23.4. The quantitative estimate of drug-likeness (QED) is 0.160. The smallest absolute Gasteiger partial charge is 0.236 e. The minimum Gasteiger partial charge on any atom is -0.309 e. The molecule has 1 N–H and O–H groups in total. The Kier molecular flexibility index (Phi) is 8.00. The van der Waals surface area contributed by atoms with Crippen molar-refractivity contribution in [3.63, 3.8) is 0 Å². The number of thioether (sulfide) groups is 2. The molecule has 0 atom stereocenters. The number of hydrogen-bond acceptors (Lipinski definition) is 8. The van der Waals surface area contributed by atoms with E-state index in [1.165, 1.54) is 45.0 Å². The van der Waals surface area contributed by atoms with E-state index in [9.17, 15) is 4.79 Å². The summed E-state index contributed by atoms with van der Waals surface area (Å²) in [6, 6.07) is 22.8. The van der Waals surface area contributed by atoms with E-state index in [1.54, 1.807) is 11.8 Å². The first-order chi connectivity index (χ1) is 17.5. The van der Waals surface area contributed by atoms with Crippen LogP contribution in [0.25, 0.3) is 10.8 Å². The van der Waals surface area contributed by atoms with Crippen LogP contribution >= 0.6 is 50.8 Å². The second-order valence-electron chi connectivity index (χ2n) is 7.90. The van der Waals surface area contributed by atoms with Gasteiger partial charge in [-0.2, -0.15) is 0 Å². The van der Waals surface area contributed by atoms with Gasteiger partial charge in [-0.3, -0.25) is 10.1 Å². The van der Waals surface area contributed by atoms with Crippen molar-refractivity contribution in [3.8, 4) is 0 Å². The lowest BCUT2D eigenvalue weighted by molar-refractivity contribution is -0.113. The molecule has 1 amide bonds. The molecule has 0 bridgehead atoms. The van der Waals surface area contributed by atoms with E-state index in [-0.39, 0.29) is 11.7 Å². The van der Waals surface area contributed by atoms with Crippen molar-refractivity contribution < 1.29 is 4.79 Å². The summed E-state index contributed by atoms with van der Waals surface area (Å²) in [6.07, 6.45) is 0.669. The van der Waals surface area contributed by atoms with Crippen LogP contribution in [0.15, 0.2) is 80.7 Å². The van der Waals surface area contributed by atoms with Gasteiger partial charge in [-0.25, -0.2) is 0 Å². The molecular formula is C25H21BrN6OS3. The summed E-state index contributed by atoms with van der Waals surface area (Å²) < 4.78 is 3.80. The fourth-order valence-electron chi connectivity index (χ4n) is 3.62. The SMILES string of the molecule is Cn1c(Cc2cccc3ccccc23)nnc1SCC(=O)Nc1nnc(SCc2cccc(Br)c2)s1. The number of benzene rings is 3. The van der Waals surface area contributed by atoms with Crippen LogP contribution < -0.4 is 5.32 Å². The molecule has 0 radical (unpaired) electrons. The zero-order chi connectivity index (χ0) is 24.9. The lowest BCUT2D eigenvalue weighted by atomic mass is 10.0. The number of fused-ring (bicyclic) bond motifs is 1. The maximum absolute atomic E-state index is 12.5. The van der Waals surface area contributed by atoms with Crippen LogP contribution in [0, 0.1) is 0 Å². The molecule has 0 saturated carbocycles. The Morgan fingerprint density at radius 2 is 1.83 bits per heavy atom. The third-order valence-electron chi connectivity index (χ3n) is 5.39. The Morgan fingerprint density at radius 1 is 1.00 bits per heavy atom. The normalized spacial score (nSPS) is 11.2. The van der Waals surface area contributed by atoms with E-state index in [2.05, 4.69) is 84.1 Å². The van der Waals surface area contributed by atoms with E-state index in [0.717, 1.165) is 20.4 Å². The third-order valence-corrected chi connectivity index (χ3v) is 8.95. The van der Waals surface area contributed by atoms with Crippen molar-refractivity contribution >= 4 is 72.6 Å². The van der Waals surface area contributed by atoms with Crippen LogP contribution in [0.2, 0.25) is 0 Å². The van der Waals surface area contributed by atoms with Gasteiger partial charge >= 0.3 is 0 Å². The average molecular weight is 598 g/mol. The van der Waals surface area contributed by atoms with E-state index in [1.807, 2.05) is 35.9 Å². The van der Waals surface area contributed by atoms with Gasteiger partial charge in [0, 0.05) is 23.7 Å². The first-order valence-electron chi connectivity index (χ1n) is 11.0. The minimum absolute atomic E-state index is 0.154. The highest BCUT2D eigenvalue weighted by atomic mass is 79.9. The predicted octanol–water partition coefficient (Wildman–Crippen LogP) is 6.20. The number of aromatic nitrogens is 5. The van der Waals surface area contributed by atoms with Crippen molar-refractivity contribution in [2.45, 2.75) is 21.7 Å². The predicted molar refractivity (Wildman–Crippen MR) is 151 cm³/mol. The zero-order valence-corrected chi connectivity index (χ0v) is 23.3. The van der Waals surface area contributed by atoms with Gasteiger partial charge in [0.05, 0.1) is 5.75 Å². The molecule has 2 heterocycles. The third kappa shape index (κ3) is 6.15. The highest BCUT2D eigenvalue weighted by Crippen LogP contribution is 2.29. The Hall–Kier alpha value is -2.73. The van der Waals surface area contributed by atoms with E-state index >= 15 is 0 Å². The maximum atomic E-state index is 12.5. The highest BCUT2D eigenvalue weighted by molar-refractivity contribution is 9.10. The van der Waals surface area contributed by atoms with Crippen molar-refractivity contribution in [1.29, 1.82) is 0 Å². The summed E-state index contributed by atoms with van der Waals surface area (Å²) in [4.78, 5) is 12.5. The second kappa shape index (κ2) is 11.5. The van der Waals surface area contributed by atoms with Crippen molar-refractivity contribution in [1.82, 2.24) is 25.0 Å². The number of amides is 1. The van der Waals surface area contributed by atoms with E-state index in [4.69, 9.17) is 0 Å². The lowest BCUT2D eigenvalue weighted by Crippen LogP contribution is -2.14. The molecule has 5 rings (SSSR count). The number of anilines is 1. The minimum atomic E-state index is -0.154. The summed E-state index contributed by atoms with van der Waals surface area (Å²) in [6.45, 7) is 0. The lowest BCUT2D eigenvalue weighted by Gasteiger charge is -2.07. The van der Waals surface area contributed by atoms with E-state index < -0.39 is 0 Å². The number of hydrogen-bond donors (Lipinski definition) is 1. The zero-order valence-electron chi connectivity index (χ0n) is 19.2. The summed E-state index contributed by atoms with van der Waals surface area (Å²) in [5.74, 6) is 1.69. The number of nitrogens with zero attached hydrogens (tertiary/aromatic N) is 5. The van der Waals surface area contributed by atoms with Crippen molar-refractivity contribution in [2.75, 3.05) is 11.1 Å². The summed E-state index contributed by atoms with van der Waals surface area (Å²) in [7, 11) is 1.93. The molecule has 0 aliphatic carbocycles. The maximum Gasteiger partial charge on any atom is 0.236 e. The van der Waals surface area contributed by atoms with Crippen LogP contribution in [0.3, 0.4) is 0 Å². The Morgan fingerprint density at radius 3 is 2.72 bits per heavy atom. The van der Waals surface area contributed by atoms with Crippen LogP contribution in [0.5, 0.6) is 0 Å². The molecule has 182 valence electrons. The number of halogens is 1. The second-order valence-corrected chi connectivity index (χ2v) is 12.0. The average Bonchev–Trinajstić information content (AvgIpc) is 3.48. The van der Waals surface area contributed by atoms with Gasteiger partial charge in [0.15, 0.2) is 9.50 Å². The molecule has 0 aliphatic heterocycles. The van der Waals surface area contributed by atoms with Gasteiger partial charge in [0.1, 0.15) is 5.82 Å². The fraction of sp³-hybridized carbons (Fsp3) is 0.160. The van der Waals surface area contributed by atoms with Crippen LogP contribution in [-0.2, 0) is 24.0 Å². The molecular weight excluding hydrogens is 576 g/mol. The van der Waals surface area contributed by atoms with Gasteiger partial charge < -0.3 is 4.57 Å². The first kappa shape index (κ1) is 24.9. The van der Waals surface area contributed by atoms with E-state index in [0.29, 0.717) is 16.7 Å². The number of carbonyl (C=O) groups excluding carboxylic acids is 1. The van der Waals surface area contributed by atoms with Gasteiger partial charge in [-0.1, -0.05) is 105 Å². The topological polar surface area (TPSA) is 85.6 Å². The number of carbonyl (C=O) groups is 1. The molecule has 0 aliphatic rings. The molecule has 36 heavy (non-hydrogen) atoms. The molecule has 5 aromatic rings. The standard InChI is InChI=1S/C25H21BrN6OS3/c1-32-21(13-18-9-5-8-17-7-2-3-11-20(17)18)28-30-24(32)34-15-22(33)27-23-29-31-25(36-23)35-14-16-6-4-10-19(26)12-16/h2-12H,13-15H2,1H3,(H,27,29,33). The van der Waals surface area contributed by atoms with Crippen LogP contribution in [0.4, 0.5) is 5.13 Å². The monoisotopic (exact) mass is 596 g/mol. The van der Waals surface area contributed by atoms with Crippen LogP contribution in [0.1, 0.15) is 17.0 Å². The molecule has 2 aromatic heterocycles. The van der Waals surface area contributed by atoms with Gasteiger partial charge in [0.25, 0.3) is 0 Å². The molecule has 0 unspecified atom stereocenters. The molecule has 0 saturated heterocycles. The molecule has 0 spiro atoms. The van der Waals surface area contributed by atoms with Gasteiger partial charge in [0.2, 0.25) is 11.0 Å². The summed E-state index contributed by atoms with van der Waals surface area (Å²) in [5.41, 5.74) is 2.39. The number of nitrogens with one attached hydrogen (secondary N) is 1. The van der Waals surface area contributed by atoms with Crippen molar-refractivity contribution in [2.24, 2.45) is 7.05 Å². The Labute approximate surface area is 229 Å². The number of rotatable bonds is 9. The van der Waals surface area contributed by atoms with Gasteiger partial charge in [-0.05, 0) is 34.0 Å². The Bertz CT molecular complexity index is 1510. The fourth-order valence-corrected chi connectivity index (χ4v) is 6.51. The molecule has 11 heteroatoms. The molecule has 3 aromatic carbocycles. The summed E-state index contributed by atoms with van der Waals surface area (Å²) >= 11 is 7.80.